The van der Waals surface area contributed by atoms with E-state index in [0.717, 1.165) is 29.4 Å². The molecule has 0 spiro atoms. The van der Waals surface area contributed by atoms with Crippen molar-refractivity contribution in [2.24, 2.45) is 7.05 Å². The van der Waals surface area contributed by atoms with Crippen LogP contribution in [0.4, 0.5) is 5.82 Å². The first-order chi connectivity index (χ1) is 8.60. The minimum absolute atomic E-state index is 0.507. The molecule has 0 aliphatic heterocycles. The summed E-state index contributed by atoms with van der Waals surface area (Å²) in [5.41, 5.74) is 2.07. The molecule has 2 aromatic heterocycles. The second kappa shape index (κ2) is 5.40. The Morgan fingerprint density at radius 2 is 2.17 bits per heavy atom. The van der Waals surface area contributed by atoms with Crippen LogP contribution in [0.1, 0.15) is 17.1 Å². The van der Waals surface area contributed by atoms with Crippen LogP contribution in [0.25, 0.3) is 0 Å². The highest BCUT2D eigenvalue weighted by Gasteiger charge is 2.08. The lowest BCUT2D eigenvalue weighted by Crippen LogP contribution is -2.20. The third kappa shape index (κ3) is 2.82. The molecule has 0 radical (unpaired) electrons. The maximum atomic E-state index is 5.88. The quantitative estimate of drug-likeness (QED) is 0.796. The van der Waals surface area contributed by atoms with Crippen molar-refractivity contribution >= 4 is 17.4 Å². The summed E-state index contributed by atoms with van der Waals surface area (Å²) >= 11 is 5.88. The van der Waals surface area contributed by atoms with Gasteiger partial charge in [0.15, 0.2) is 0 Å². The number of alkyl halides is 1. The van der Waals surface area contributed by atoms with Gasteiger partial charge >= 0.3 is 0 Å². The third-order valence-corrected chi connectivity index (χ3v) is 3.15. The van der Waals surface area contributed by atoms with Gasteiger partial charge in [-0.25, -0.2) is 9.97 Å². The Bertz CT molecular complexity index is 536. The van der Waals surface area contributed by atoms with Crippen molar-refractivity contribution in [3.8, 4) is 0 Å². The van der Waals surface area contributed by atoms with Gasteiger partial charge in [0.2, 0.25) is 0 Å². The first-order valence-electron chi connectivity index (χ1n) is 5.81. The van der Waals surface area contributed by atoms with Crippen LogP contribution in [0.2, 0.25) is 0 Å². The molecule has 18 heavy (non-hydrogen) atoms. The zero-order valence-electron chi connectivity index (χ0n) is 10.9. The zero-order valence-corrected chi connectivity index (χ0v) is 11.6. The molecular weight excluding hydrogens is 248 g/mol. The zero-order chi connectivity index (χ0) is 13.1. The van der Waals surface area contributed by atoms with Crippen LogP contribution in [-0.4, -0.2) is 21.6 Å². The van der Waals surface area contributed by atoms with Crippen molar-refractivity contribution in [1.29, 1.82) is 0 Å². The van der Waals surface area contributed by atoms with E-state index in [2.05, 4.69) is 14.9 Å². The molecule has 4 nitrogen and oxygen atoms in total. The number of imidazole rings is 1. The average Bonchev–Trinajstić information content (AvgIpc) is 2.74. The van der Waals surface area contributed by atoms with Crippen molar-refractivity contribution < 1.29 is 0 Å². The minimum atomic E-state index is 0.507. The Morgan fingerprint density at radius 1 is 1.39 bits per heavy atom. The number of halogens is 1. The molecule has 0 N–H and O–H groups in total. The fourth-order valence-corrected chi connectivity index (χ4v) is 1.99. The van der Waals surface area contributed by atoms with Gasteiger partial charge in [-0.15, -0.1) is 11.6 Å². The average molecular weight is 265 g/mol. The van der Waals surface area contributed by atoms with Crippen LogP contribution >= 0.6 is 11.6 Å². The Kier molecular flexibility index (Phi) is 3.87. The predicted molar refractivity (Wildman–Crippen MR) is 73.8 cm³/mol. The molecule has 2 aromatic rings. The number of pyridine rings is 1. The van der Waals surface area contributed by atoms with Crippen molar-refractivity contribution in [2.45, 2.75) is 19.3 Å². The van der Waals surface area contributed by atoms with E-state index in [1.807, 2.05) is 43.9 Å². The van der Waals surface area contributed by atoms with Gasteiger partial charge in [0.25, 0.3) is 0 Å². The molecule has 96 valence electrons. The number of hydrogen-bond donors (Lipinski definition) is 0. The van der Waals surface area contributed by atoms with Crippen LogP contribution < -0.4 is 4.90 Å². The van der Waals surface area contributed by atoms with Crippen LogP contribution in [0.5, 0.6) is 0 Å². The van der Waals surface area contributed by atoms with Gasteiger partial charge in [0.05, 0.1) is 6.54 Å². The first-order valence-corrected chi connectivity index (χ1v) is 6.34. The summed E-state index contributed by atoms with van der Waals surface area (Å²) in [6.07, 6.45) is 3.74. The molecule has 2 rings (SSSR count). The van der Waals surface area contributed by atoms with Crippen LogP contribution in [-0.2, 0) is 19.5 Å². The Morgan fingerprint density at radius 3 is 2.78 bits per heavy atom. The predicted octanol–water partition coefficient (Wildman–Crippen LogP) is 2.50. The van der Waals surface area contributed by atoms with E-state index in [9.17, 15) is 0 Å². The molecule has 0 atom stereocenters. The molecule has 0 saturated carbocycles. The second-order valence-corrected chi connectivity index (χ2v) is 4.69. The minimum Gasteiger partial charge on any atom is -0.352 e. The summed E-state index contributed by atoms with van der Waals surface area (Å²) in [7, 11) is 4.00. The smallest absolute Gasteiger partial charge is 0.129 e. The maximum Gasteiger partial charge on any atom is 0.129 e. The van der Waals surface area contributed by atoms with Gasteiger partial charge in [0.1, 0.15) is 11.6 Å². The monoisotopic (exact) mass is 264 g/mol. The van der Waals surface area contributed by atoms with Gasteiger partial charge in [-0.2, -0.15) is 0 Å². The fraction of sp³-hybridized carbons (Fsp3) is 0.385. The summed E-state index contributed by atoms with van der Waals surface area (Å²) in [6.45, 7) is 2.70. The van der Waals surface area contributed by atoms with Gasteiger partial charge < -0.3 is 9.47 Å². The van der Waals surface area contributed by atoms with Crippen LogP contribution in [0, 0.1) is 6.92 Å². The van der Waals surface area contributed by atoms with E-state index in [-0.39, 0.29) is 0 Å². The van der Waals surface area contributed by atoms with Crippen LogP contribution in [0.15, 0.2) is 24.5 Å². The highest BCUT2D eigenvalue weighted by molar-refractivity contribution is 6.17. The van der Waals surface area contributed by atoms with Gasteiger partial charge in [0, 0.05) is 38.1 Å². The molecule has 0 bridgehead atoms. The largest absolute Gasteiger partial charge is 0.352 e. The molecular formula is C13H17ClN4. The summed E-state index contributed by atoms with van der Waals surface area (Å²) < 4.78 is 2.01. The molecule has 0 aliphatic carbocycles. The number of nitrogens with zero attached hydrogens (tertiary/aromatic N) is 4. The molecule has 0 amide bonds. The normalized spacial score (nSPS) is 10.7. The molecule has 0 unspecified atom stereocenters. The molecule has 0 saturated heterocycles. The van der Waals surface area contributed by atoms with Crippen molar-refractivity contribution in [2.75, 3.05) is 11.9 Å². The number of rotatable bonds is 4. The Hall–Kier alpha value is -1.55. The first kappa shape index (κ1) is 12.9. The standard InChI is InChI=1S/C13H17ClN4/c1-10-6-11(8-14)7-12(16-10)18(3)9-13-15-4-5-17(13)2/h4-7H,8-9H2,1-3H3. The SMILES string of the molecule is Cc1cc(CCl)cc(N(C)Cc2nccn2C)n1. The number of aromatic nitrogens is 3. The second-order valence-electron chi connectivity index (χ2n) is 4.42. The van der Waals surface area contributed by atoms with E-state index in [0.29, 0.717) is 5.88 Å². The summed E-state index contributed by atoms with van der Waals surface area (Å²) in [5, 5.41) is 0. The molecule has 0 aromatic carbocycles. The number of aryl methyl sites for hydroxylation is 2. The lowest BCUT2D eigenvalue weighted by molar-refractivity contribution is 0.754. The van der Waals surface area contributed by atoms with Crippen molar-refractivity contribution in [1.82, 2.24) is 14.5 Å². The van der Waals surface area contributed by atoms with Gasteiger partial charge in [-0.05, 0) is 24.6 Å². The molecule has 0 fully saturated rings. The molecule has 5 heteroatoms. The third-order valence-electron chi connectivity index (χ3n) is 2.84. The lowest BCUT2D eigenvalue weighted by atomic mass is 10.2. The summed E-state index contributed by atoms with van der Waals surface area (Å²) in [6, 6.07) is 4.02. The van der Waals surface area contributed by atoms with Gasteiger partial charge in [-0.1, -0.05) is 0 Å². The summed E-state index contributed by atoms with van der Waals surface area (Å²) in [5.74, 6) is 2.44. The number of hydrogen-bond acceptors (Lipinski definition) is 3. The van der Waals surface area contributed by atoms with E-state index >= 15 is 0 Å². The number of anilines is 1. The van der Waals surface area contributed by atoms with Crippen molar-refractivity contribution in [3.63, 3.8) is 0 Å². The highest BCUT2D eigenvalue weighted by Crippen LogP contribution is 2.16. The Balaban J connectivity index is 2.20. The lowest BCUT2D eigenvalue weighted by Gasteiger charge is -2.19. The van der Waals surface area contributed by atoms with Gasteiger partial charge in [-0.3, -0.25) is 0 Å². The van der Waals surface area contributed by atoms with Crippen molar-refractivity contribution in [3.05, 3.63) is 41.6 Å². The van der Waals surface area contributed by atoms with E-state index in [1.54, 1.807) is 6.20 Å². The van der Waals surface area contributed by atoms with E-state index in [4.69, 9.17) is 11.6 Å². The highest BCUT2D eigenvalue weighted by atomic mass is 35.5. The van der Waals surface area contributed by atoms with E-state index < -0.39 is 0 Å². The topological polar surface area (TPSA) is 34.0 Å². The fourth-order valence-electron chi connectivity index (χ4n) is 1.84. The molecule has 2 heterocycles. The summed E-state index contributed by atoms with van der Waals surface area (Å²) in [4.78, 5) is 10.9. The Labute approximate surface area is 112 Å². The van der Waals surface area contributed by atoms with Crippen LogP contribution in [0.3, 0.4) is 0 Å². The van der Waals surface area contributed by atoms with E-state index in [1.165, 1.54) is 0 Å². The molecule has 0 aliphatic rings. The maximum absolute atomic E-state index is 5.88.